The summed E-state index contributed by atoms with van der Waals surface area (Å²) in [6.45, 7) is 0.563. The van der Waals surface area contributed by atoms with Crippen molar-refractivity contribution in [3.8, 4) is 0 Å². The zero-order chi connectivity index (χ0) is 20.5. The van der Waals surface area contributed by atoms with E-state index in [0.717, 1.165) is 10.5 Å². The fourth-order valence-corrected chi connectivity index (χ4v) is 3.84. The van der Waals surface area contributed by atoms with Crippen LogP contribution in [-0.4, -0.2) is 32.8 Å². The minimum Gasteiger partial charge on any atom is -0.335 e. The number of amides is 2. The van der Waals surface area contributed by atoms with E-state index in [2.05, 4.69) is 0 Å². The highest BCUT2D eigenvalue weighted by molar-refractivity contribution is 7.89. The summed E-state index contributed by atoms with van der Waals surface area (Å²) in [6.07, 6.45) is 0.707. The van der Waals surface area contributed by atoms with Gasteiger partial charge in [-0.05, 0) is 35.9 Å². The normalized spacial score (nSPS) is 17.4. The third-order valence-electron chi connectivity index (χ3n) is 4.48. The fourth-order valence-electron chi connectivity index (χ4n) is 3.03. The second kappa shape index (κ2) is 8.18. The minimum absolute atomic E-state index is 0.0501. The van der Waals surface area contributed by atoms with Gasteiger partial charge in [0.2, 0.25) is 15.9 Å². The van der Waals surface area contributed by atoms with Crippen molar-refractivity contribution in [3.05, 3.63) is 58.1 Å². The summed E-state index contributed by atoms with van der Waals surface area (Å²) in [4.78, 5) is 26.1. The Balaban J connectivity index is 1.60. The highest BCUT2D eigenvalue weighted by Crippen LogP contribution is 2.29. The van der Waals surface area contributed by atoms with E-state index in [1.807, 2.05) is 5.32 Å². The van der Waals surface area contributed by atoms with E-state index < -0.39 is 16.1 Å². The lowest BCUT2D eigenvalue weighted by molar-refractivity contribution is -0.674. The molecule has 0 aliphatic carbocycles. The van der Waals surface area contributed by atoms with Gasteiger partial charge in [-0.3, -0.25) is 9.59 Å². The van der Waals surface area contributed by atoms with E-state index in [9.17, 15) is 18.0 Å². The molecule has 7 nitrogen and oxygen atoms in total. The van der Waals surface area contributed by atoms with Gasteiger partial charge in [-0.2, -0.15) is 0 Å². The molecule has 0 bridgehead atoms. The van der Waals surface area contributed by atoms with Gasteiger partial charge in [0.05, 0.1) is 33.6 Å². The number of rotatable bonds is 6. The predicted octanol–water partition coefficient (Wildman–Crippen LogP) is 1.08. The highest BCUT2D eigenvalue weighted by Gasteiger charge is 2.42. The van der Waals surface area contributed by atoms with Crippen LogP contribution in [0, 0.1) is 0 Å². The third kappa shape index (κ3) is 4.53. The molecule has 1 saturated heterocycles. The Hall–Kier alpha value is -1.97. The molecule has 0 aromatic heterocycles. The largest absolute Gasteiger partial charge is 0.335 e. The Morgan fingerprint density at radius 2 is 1.75 bits per heavy atom. The van der Waals surface area contributed by atoms with Crippen molar-refractivity contribution in [2.24, 2.45) is 5.14 Å². The number of sulfonamides is 1. The molecule has 1 aliphatic rings. The number of carbonyl (C=O) groups excluding carboxylic acids is 2. The first-order chi connectivity index (χ1) is 13.2. The number of nitrogens with two attached hydrogens (primary N) is 2. The van der Waals surface area contributed by atoms with Crippen LogP contribution in [0.5, 0.6) is 0 Å². The summed E-state index contributed by atoms with van der Waals surface area (Å²) in [5.74, 6) is -0.588. The molecule has 28 heavy (non-hydrogen) atoms. The van der Waals surface area contributed by atoms with E-state index in [1.165, 1.54) is 18.2 Å². The second-order valence-electron chi connectivity index (χ2n) is 6.44. The van der Waals surface area contributed by atoms with E-state index >= 15 is 0 Å². The van der Waals surface area contributed by atoms with Gasteiger partial charge in [-0.25, -0.2) is 18.5 Å². The Morgan fingerprint density at radius 1 is 1.07 bits per heavy atom. The van der Waals surface area contributed by atoms with Gasteiger partial charge in [0, 0.05) is 6.42 Å². The third-order valence-corrected chi connectivity index (χ3v) is 6.15. The predicted molar refractivity (Wildman–Crippen MR) is 106 cm³/mol. The SMILES string of the molecule is NS(=O)(=O)c1ccc(CC[NH2+]C2CC(=O)N(c3ccc(Cl)c(Cl)c3)C2=O)cc1. The zero-order valence-corrected chi connectivity index (χ0v) is 17.0. The number of anilines is 1. The molecule has 4 N–H and O–H groups in total. The first kappa shape index (κ1) is 20.8. The summed E-state index contributed by atoms with van der Waals surface area (Å²) in [6, 6.07) is 10.4. The molecule has 0 saturated carbocycles. The van der Waals surface area contributed by atoms with Crippen LogP contribution in [0.1, 0.15) is 12.0 Å². The van der Waals surface area contributed by atoms with Crippen LogP contribution in [0.3, 0.4) is 0 Å². The van der Waals surface area contributed by atoms with E-state index in [-0.39, 0.29) is 28.2 Å². The second-order valence-corrected chi connectivity index (χ2v) is 8.82. The van der Waals surface area contributed by atoms with Crippen LogP contribution in [0.25, 0.3) is 0 Å². The number of hydrogen-bond donors (Lipinski definition) is 2. The Bertz CT molecular complexity index is 1030. The lowest BCUT2D eigenvalue weighted by Crippen LogP contribution is -2.92. The summed E-state index contributed by atoms with van der Waals surface area (Å²) in [5, 5.41) is 7.51. The standard InChI is InChI=1S/C18H17Cl2N3O4S/c19-14-6-3-12(9-15(14)20)23-17(24)10-16(18(23)25)22-8-7-11-1-4-13(5-2-11)28(21,26)27/h1-6,9,16,22H,7-8,10H2,(H2,21,26,27)/p+1. The van der Waals surface area contributed by atoms with E-state index in [0.29, 0.717) is 23.7 Å². The molecular formula is C18H18Cl2N3O4S+. The number of hydrogen-bond acceptors (Lipinski definition) is 4. The molecule has 1 fully saturated rings. The summed E-state index contributed by atoms with van der Waals surface area (Å²) in [5.41, 5.74) is 1.31. The zero-order valence-electron chi connectivity index (χ0n) is 14.6. The van der Waals surface area contributed by atoms with Crippen LogP contribution < -0.4 is 15.4 Å². The molecule has 2 amide bonds. The quantitative estimate of drug-likeness (QED) is 0.651. The maximum Gasteiger partial charge on any atom is 0.292 e. The number of halogens is 2. The van der Waals surface area contributed by atoms with Crippen molar-refractivity contribution in [3.63, 3.8) is 0 Å². The monoisotopic (exact) mass is 442 g/mol. The maximum absolute atomic E-state index is 12.6. The molecule has 3 rings (SSSR count). The molecule has 0 radical (unpaired) electrons. The Morgan fingerprint density at radius 3 is 2.36 bits per heavy atom. The van der Waals surface area contributed by atoms with Crippen LogP contribution in [0.15, 0.2) is 47.4 Å². The molecule has 1 heterocycles. The lowest BCUT2D eigenvalue weighted by atomic mass is 10.1. The Labute approximate surface area is 172 Å². The van der Waals surface area contributed by atoms with Gasteiger partial charge in [0.1, 0.15) is 0 Å². The van der Waals surface area contributed by atoms with Crippen LogP contribution in [0.4, 0.5) is 5.69 Å². The van der Waals surface area contributed by atoms with Gasteiger partial charge < -0.3 is 5.32 Å². The number of benzene rings is 2. The maximum atomic E-state index is 12.6. The summed E-state index contributed by atoms with van der Waals surface area (Å²) in [7, 11) is -3.72. The topological polar surface area (TPSA) is 114 Å². The first-order valence-corrected chi connectivity index (χ1v) is 10.7. The van der Waals surface area contributed by atoms with E-state index in [4.69, 9.17) is 28.3 Å². The smallest absolute Gasteiger partial charge is 0.292 e. The summed E-state index contributed by atoms with van der Waals surface area (Å²) >= 11 is 11.9. The average Bonchev–Trinajstić information content (AvgIpc) is 2.91. The number of nitrogens with zero attached hydrogens (tertiary/aromatic N) is 1. The van der Waals surface area contributed by atoms with Crippen molar-refractivity contribution >= 4 is 50.7 Å². The van der Waals surface area contributed by atoms with Gasteiger partial charge in [0.25, 0.3) is 5.91 Å². The molecule has 0 spiro atoms. The number of carbonyl (C=O) groups is 2. The van der Waals surface area contributed by atoms with Crippen LogP contribution in [0.2, 0.25) is 10.0 Å². The highest BCUT2D eigenvalue weighted by atomic mass is 35.5. The van der Waals surface area contributed by atoms with Crippen molar-refractivity contribution in [1.29, 1.82) is 0 Å². The van der Waals surface area contributed by atoms with Gasteiger partial charge in [-0.15, -0.1) is 0 Å². The first-order valence-electron chi connectivity index (χ1n) is 8.44. The molecule has 148 valence electrons. The van der Waals surface area contributed by atoms with E-state index in [1.54, 1.807) is 24.3 Å². The molecular weight excluding hydrogens is 425 g/mol. The number of primary sulfonamides is 1. The van der Waals surface area contributed by atoms with Crippen LogP contribution in [-0.2, 0) is 26.0 Å². The molecule has 1 aliphatic heterocycles. The van der Waals surface area contributed by atoms with Crippen molar-refractivity contribution in [2.45, 2.75) is 23.8 Å². The fraction of sp³-hybridized carbons (Fsp3) is 0.222. The number of quaternary nitrogens is 1. The molecule has 1 atom stereocenters. The summed E-state index contributed by atoms with van der Waals surface area (Å²) < 4.78 is 22.5. The van der Waals surface area contributed by atoms with Gasteiger partial charge >= 0.3 is 0 Å². The molecule has 2 aromatic carbocycles. The molecule has 10 heteroatoms. The molecule has 2 aromatic rings. The number of imide groups is 1. The average molecular weight is 443 g/mol. The van der Waals surface area contributed by atoms with Gasteiger partial charge in [0.15, 0.2) is 6.04 Å². The minimum atomic E-state index is -3.72. The van der Waals surface area contributed by atoms with Gasteiger partial charge in [-0.1, -0.05) is 35.3 Å². The van der Waals surface area contributed by atoms with Crippen molar-refractivity contribution < 1.29 is 23.3 Å². The lowest BCUT2D eigenvalue weighted by Gasteiger charge is -2.15. The van der Waals surface area contributed by atoms with Crippen LogP contribution >= 0.6 is 23.2 Å². The molecule has 1 unspecified atom stereocenters. The van der Waals surface area contributed by atoms with Crippen molar-refractivity contribution in [2.75, 3.05) is 11.4 Å². The Kier molecular flexibility index (Phi) is 6.07. The van der Waals surface area contributed by atoms with Crippen molar-refractivity contribution in [1.82, 2.24) is 0 Å².